The number of ether oxygens (including phenoxy) is 5. The zero-order valence-electron chi connectivity index (χ0n) is 28.4. The van der Waals surface area contributed by atoms with Gasteiger partial charge in [0.2, 0.25) is 5.79 Å². The number of hydrogen-bond donors (Lipinski definition) is 2. The van der Waals surface area contributed by atoms with E-state index in [-0.39, 0.29) is 36.3 Å². The van der Waals surface area contributed by atoms with Crippen LogP contribution >= 0.6 is 0 Å². The van der Waals surface area contributed by atoms with Gasteiger partial charge in [0.15, 0.2) is 29.0 Å². The lowest BCUT2D eigenvalue weighted by molar-refractivity contribution is -0.295. The summed E-state index contributed by atoms with van der Waals surface area (Å²) >= 11 is 0. The highest BCUT2D eigenvalue weighted by Crippen LogP contribution is 2.43. The Kier molecular flexibility index (Phi) is 13.1. The minimum Gasteiger partial charge on any atom is -0.414 e. The van der Waals surface area contributed by atoms with Crippen molar-refractivity contribution in [2.45, 2.75) is 135 Å². The van der Waals surface area contributed by atoms with Crippen LogP contribution in [-0.2, 0) is 37.3 Å². The fourth-order valence-corrected chi connectivity index (χ4v) is 7.94. The number of aliphatic hydroxyl groups is 1. The summed E-state index contributed by atoms with van der Waals surface area (Å²) in [5, 5.41) is 12.9. The summed E-state index contributed by atoms with van der Waals surface area (Å²) < 4.78 is 43.6. The molecule has 2 N–H and O–H groups in total. The Labute approximate surface area is 256 Å². The van der Waals surface area contributed by atoms with Crippen molar-refractivity contribution < 1.29 is 42.4 Å². The molecule has 0 aliphatic carbocycles. The molecule has 0 bridgehead atoms. The predicted molar refractivity (Wildman–Crippen MR) is 168 cm³/mol. The van der Waals surface area contributed by atoms with Crippen molar-refractivity contribution in [2.24, 2.45) is 11.3 Å². The number of amides is 1. The molecule has 2 aliphatic rings. The van der Waals surface area contributed by atoms with Gasteiger partial charge in [-0.1, -0.05) is 32.9 Å². The van der Waals surface area contributed by atoms with E-state index in [2.05, 4.69) is 52.3 Å². The van der Waals surface area contributed by atoms with E-state index in [1.54, 1.807) is 21.3 Å². The molecule has 10 nitrogen and oxygen atoms in total. The first-order chi connectivity index (χ1) is 19.2. The minimum atomic E-state index is -2.26. The summed E-state index contributed by atoms with van der Waals surface area (Å²) in [6, 6.07) is 0. The fraction of sp³-hybridized carbons (Fsp3) is 0.900. The minimum absolute atomic E-state index is 0.115. The van der Waals surface area contributed by atoms with Gasteiger partial charge < -0.3 is 43.0 Å². The van der Waals surface area contributed by atoms with Crippen molar-refractivity contribution in [2.75, 3.05) is 27.9 Å². The Morgan fingerprint density at radius 3 is 2.17 bits per heavy atom. The van der Waals surface area contributed by atoms with Crippen molar-refractivity contribution >= 4 is 22.5 Å². The molecule has 2 fully saturated rings. The van der Waals surface area contributed by atoms with Crippen LogP contribution < -0.4 is 5.32 Å². The standard InChI is InChI=1S/C30H59NO9Si2/c1-19-17-30(36-8,38-21(3)20(19)2)26(40-42(12,13)14)27(33)31-28(35-7)23-16-25(39-41(9,10)11)29(4,5)24(37-23)15-22(18-32)34-6/h20-26,28,32H,1,15-18H2,2-14H3,(H,31,33)/t20-,21-,22?,23+,24-,25-,26-,28+,30-/m1/s1. The van der Waals surface area contributed by atoms with Gasteiger partial charge in [0.25, 0.3) is 5.91 Å². The third kappa shape index (κ3) is 9.41. The van der Waals surface area contributed by atoms with Gasteiger partial charge in [0.05, 0.1) is 31.0 Å². The summed E-state index contributed by atoms with van der Waals surface area (Å²) in [6.07, 6.45) is -2.17. The van der Waals surface area contributed by atoms with Gasteiger partial charge in [-0.2, -0.15) is 0 Å². The highest BCUT2D eigenvalue weighted by molar-refractivity contribution is 6.70. The van der Waals surface area contributed by atoms with E-state index in [1.807, 2.05) is 26.6 Å². The predicted octanol–water partition coefficient (Wildman–Crippen LogP) is 4.44. The van der Waals surface area contributed by atoms with Crippen LogP contribution in [0.1, 0.15) is 47.0 Å². The normalized spacial score (nSPS) is 32.7. The number of nitrogens with one attached hydrogen (secondary N) is 1. The van der Waals surface area contributed by atoms with Crippen LogP contribution in [0, 0.1) is 11.3 Å². The lowest BCUT2D eigenvalue weighted by atomic mass is 9.74. The van der Waals surface area contributed by atoms with Crippen molar-refractivity contribution in [3.8, 4) is 0 Å². The maximum Gasteiger partial charge on any atom is 0.255 e. The second-order valence-electron chi connectivity index (χ2n) is 14.5. The van der Waals surface area contributed by atoms with Gasteiger partial charge in [0.1, 0.15) is 6.10 Å². The van der Waals surface area contributed by atoms with Crippen molar-refractivity contribution in [3.63, 3.8) is 0 Å². The first-order valence-electron chi connectivity index (χ1n) is 15.1. The highest BCUT2D eigenvalue weighted by atomic mass is 28.4. The number of carbonyl (C=O) groups excluding carboxylic acids is 1. The Bertz CT molecular complexity index is 902. The topological polar surface area (TPSA) is 114 Å². The summed E-state index contributed by atoms with van der Waals surface area (Å²) in [5.74, 6) is -1.62. The average Bonchev–Trinajstić information content (AvgIpc) is 2.87. The fourth-order valence-electron chi connectivity index (χ4n) is 5.69. The lowest BCUT2D eigenvalue weighted by Gasteiger charge is -2.51. The van der Waals surface area contributed by atoms with E-state index >= 15 is 0 Å². The molecule has 1 amide bonds. The summed E-state index contributed by atoms with van der Waals surface area (Å²) in [4.78, 5) is 14.2. The SMILES string of the molecule is C=C1C[C@](OC)([C@H](O[Si](C)(C)C)C(=O)N[C@@H](OC)[C@@H]2C[C@@H](O[Si](C)(C)C)C(C)(C)[C@@H](CC(CO)OC)O2)O[C@H](C)[C@@H]1C. The molecule has 9 atom stereocenters. The van der Waals surface area contributed by atoms with Gasteiger partial charge in [0, 0.05) is 51.9 Å². The maximum absolute atomic E-state index is 14.2. The number of methoxy groups -OCH3 is 3. The smallest absolute Gasteiger partial charge is 0.255 e. The quantitative estimate of drug-likeness (QED) is 0.163. The van der Waals surface area contributed by atoms with E-state index < -0.39 is 52.9 Å². The van der Waals surface area contributed by atoms with E-state index in [0.717, 1.165) is 5.57 Å². The van der Waals surface area contributed by atoms with Crippen LogP contribution in [0.3, 0.4) is 0 Å². The van der Waals surface area contributed by atoms with Gasteiger partial charge >= 0.3 is 0 Å². The molecular formula is C30H59NO9Si2. The average molecular weight is 634 g/mol. The molecule has 0 radical (unpaired) electrons. The number of rotatable bonds is 14. The number of aliphatic hydroxyl groups excluding tert-OH is 1. The molecule has 2 aliphatic heterocycles. The van der Waals surface area contributed by atoms with Crippen LogP contribution in [0.15, 0.2) is 12.2 Å². The zero-order chi connectivity index (χ0) is 32.3. The Morgan fingerprint density at radius 1 is 1.10 bits per heavy atom. The second kappa shape index (κ2) is 14.6. The molecule has 12 heteroatoms. The van der Waals surface area contributed by atoms with E-state index in [1.165, 1.54) is 0 Å². The van der Waals surface area contributed by atoms with Gasteiger partial charge in [-0.05, 0) is 46.2 Å². The van der Waals surface area contributed by atoms with Crippen LogP contribution in [0.4, 0.5) is 0 Å². The number of carbonyl (C=O) groups is 1. The summed E-state index contributed by atoms with van der Waals surface area (Å²) in [7, 11) is 0.459. The molecule has 42 heavy (non-hydrogen) atoms. The molecule has 0 spiro atoms. The third-order valence-electron chi connectivity index (χ3n) is 8.49. The Morgan fingerprint density at radius 2 is 1.71 bits per heavy atom. The molecule has 0 aromatic heterocycles. The van der Waals surface area contributed by atoms with E-state index in [0.29, 0.717) is 19.3 Å². The Balaban J connectivity index is 2.43. The molecule has 0 aromatic carbocycles. The first-order valence-corrected chi connectivity index (χ1v) is 21.9. The zero-order valence-corrected chi connectivity index (χ0v) is 30.4. The molecule has 246 valence electrons. The van der Waals surface area contributed by atoms with Crippen LogP contribution in [-0.4, -0.2) is 104 Å². The number of hydrogen-bond acceptors (Lipinski definition) is 9. The van der Waals surface area contributed by atoms with Crippen molar-refractivity contribution in [1.82, 2.24) is 5.32 Å². The molecule has 2 saturated heterocycles. The summed E-state index contributed by atoms with van der Waals surface area (Å²) in [5.41, 5.74) is 0.567. The molecule has 1 unspecified atom stereocenters. The lowest BCUT2D eigenvalue weighted by Crippen LogP contribution is -2.64. The molecule has 0 saturated carbocycles. The summed E-state index contributed by atoms with van der Waals surface area (Å²) in [6.45, 7) is 24.9. The van der Waals surface area contributed by atoms with Gasteiger partial charge in [-0.25, -0.2) is 0 Å². The molecule has 0 aromatic rings. The van der Waals surface area contributed by atoms with Crippen LogP contribution in [0.2, 0.25) is 39.3 Å². The maximum atomic E-state index is 14.2. The second-order valence-corrected chi connectivity index (χ2v) is 23.4. The van der Waals surface area contributed by atoms with Gasteiger partial charge in [-0.3, -0.25) is 4.79 Å². The first kappa shape index (κ1) is 37.5. The largest absolute Gasteiger partial charge is 0.414 e. The molecule has 2 rings (SSSR count). The monoisotopic (exact) mass is 633 g/mol. The van der Waals surface area contributed by atoms with Crippen LogP contribution in [0.25, 0.3) is 0 Å². The van der Waals surface area contributed by atoms with Gasteiger partial charge in [-0.15, -0.1) is 0 Å². The van der Waals surface area contributed by atoms with E-state index in [9.17, 15) is 9.90 Å². The van der Waals surface area contributed by atoms with Crippen molar-refractivity contribution in [1.29, 1.82) is 0 Å². The highest BCUT2D eigenvalue weighted by Gasteiger charge is 2.54. The Hall–Kier alpha value is -0.676. The van der Waals surface area contributed by atoms with Crippen molar-refractivity contribution in [3.05, 3.63) is 12.2 Å². The third-order valence-corrected chi connectivity index (χ3v) is 10.4. The molecular weight excluding hydrogens is 575 g/mol. The molecule has 2 heterocycles. The van der Waals surface area contributed by atoms with E-state index in [4.69, 9.17) is 32.5 Å². The van der Waals surface area contributed by atoms with Crippen LogP contribution in [0.5, 0.6) is 0 Å².